The molecule has 2 rings (SSSR count). The Labute approximate surface area is 123 Å². The molecular weight excluding hydrogens is 337 g/mol. The fourth-order valence-corrected chi connectivity index (χ4v) is 3.47. The van der Waals surface area contributed by atoms with Crippen molar-refractivity contribution in [2.45, 2.75) is 58.3 Å². The molecule has 0 aromatic carbocycles. The summed E-state index contributed by atoms with van der Waals surface area (Å²) >= 11 is 2.41. The molecule has 1 N–H and O–H groups in total. The lowest BCUT2D eigenvalue weighted by molar-refractivity contribution is 0.675. The van der Waals surface area contributed by atoms with Crippen LogP contribution in [-0.2, 0) is 6.42 Å². The first-order chi connectivity index (χ1) is 8.76. The van der Waals surface area contributed by atoms with Gasteiger partial charge in [-0.25, -0.2) is 9.97 Å². The third-order valence-electron chi connectivity index (χ3n) is 3.48. The number of aromatic nitrogens is 2. The fraction of sp³-hybridized carbons (Fsp3) is 0.714. The molecule has 4 heteroatoms. The van der Waals surface area contributed by atoms with Crippen molar-refractivity contribution >= 4 is 28.4 Å². The van der Waals surface area contributed by atoms with E-state index in [1.807, 2.05) is 0 Å². The first-order valence-electron chi connectivity index (χ1n) is 7.06. The largest absolute Gasteiger partial charge is 0.369 e. The predicted octanol–water partition coefficient (Wildman–Crippen LogP) is 4.12. The van der Waals surface area contributed by atoms with E-state index in [0.29, 0.717) is 5.92 Å². The van der Waals surface area contributed by atoms with Crippen molar-refractivity contribution in [3.05, 3.63) is 15.1 Å². The molecule has 0 spiro atoms. The summed E-state index contributed by atoms with van der Waals surface area (Å²) in [5, 5.41) is 3.38. The van der Waals surface area contributed by atoms with Crippen LogP contribution in [0.15, 0.2) is 0 Å². The van der Waals surface area contributed by atoms with Crippen molar-refractivity contribution in [1.82, 2.24) is 9.97 Å². The number of nitrogens with one attached hydrogen (secondary N) is 1. The number of hydrogen-bond donors (Lipinski definition) is 1. The second-order valence-electron chi connectivity index (χ2n) is 4.95. The quantitative estimate of drug-likeness (QED) is 0.804. The minimum absolute atomic E-state index is 0.660. The Morgan fingerprint density at radius 3 is 2.56 bits per heavy atom. The molecule has 1 fully saturated rings. The molecule has 1 aromatic heterocycles. The van der Waals surface area contributed by atoms with Gasteiger partial charge in [0.25, 0.3) is 0 Å². The second-order valence-corrected chi connectivity index (χ2v) is 6.03. The van der Waals surface area contributed by atoms with Crippen molar-refractivity contribution < 1.29 is 0 Å². The highest BCUT2D eigenvalue weighted by Gasteiger charge is 2.23. The monoisotopic (exact) mass is 359 g/mol. The number of halogens is 1. The normalized spacial score (nSPS) is 16.2. The number of hydrogen-bond acceptors (Lipinski definition) is 3. The van der Waals surface area contributed by atoms with Crippen molar-refractivity contribution in [1.29, 1.82) is 0 Å². The Bertz CT molecular complexity index is 400. The molecule has 0 aliphatic heterocycles. The Balaban J connectivity index is 2.35. The summed E-state index contributed by atoms with van der Waals surface area (Å²) in [5.41, 5.74) is 1.29. The summed E-state index contributed by atoms with van der Waals surface area (Å²) in [7, 11) is 0. The molecule has 0 atom stereocenters. The summed E-state index contributed by atoms with van der Waals surface area (Å²) in [6.07, 6.45) is 7.38. The summed E-state index contributed by atoms with van der Waals surface area (Å²) < 4.78 is 1.24. The molecule has 3 nitrogen and oxygen atoms in total. The number of anilines is 1. The molecule has 0 amide bonds. The van der Waals surface area contributed by atoms with Gasteiger partial charge in [-0.1, -0.05) is 19.8 Å². The molecule has 1 aliphatic rings. The Morgan fingerprint density at radius 1 is 1.22 bits per heavy atom. The molecule has 1 aromatic rings. The topological polar surface area (TPSA) is 37.8 Å². The lowest BCUT2D eigenvalue weighted by atomic mass is 10.0. The van der Waals surface area contributed by atoms with Crippen LogP contribution in [0.1, 0.15) is 63.4 Å². The molecule has 1 heterocycles. The van der Waals surface area contributed by atoms with E-state index in [1.54, 1.807) is 0 Å². The van der Waals surface area contributed by atoms with E-state index in [-0.39, 0.29) is 0 Å². The summed E-state index contributed by atoms with van der Waals surface area (Å²) in [4.78, 5) is 9.48. The zero-order valence-corrected chi connectivity index (χ0v) is 13.5. The van der Waals surface area contributed by atoms with Crippen LogP contribution in [0.4, 0.5) is 5.82 Å². The zero-order chi connectivity index (χ0) is 13.0. The van der Waals surface area contributed by atoms with Gasteiger partial charge < -0.3 is 5.32 Å². The van der Waals surface area contributed by atoms with Gasteiger partial charge in [-0.3, -0.25) is 0 Å². The smallest absolute Gasteiger partial charge is 0.143 e. The molecule has 100 valence electrons. The molecule has 0 radical (unpaired) electrons. The van der Waals surface area contributed by atoms with E-state index >= 15 is 0 Å². The standard InChI is InChI=1S/C14H22IN3/c1-3-7-11-17-13(10-8-5-6-9-10)12(15)14(18-11)16-4-2/h10H,3-9H2,1-2H3,(H,16,17,18). The summed E-state index contributed by atoms with van der Waals surface area (Å²) in [6, 6.07) is 0. The maximum atomic E-state index is 4.83. The average Bonchev–Trinajstić information content (AvgIpc) is 2.87. The van der Waals surface area contributed by atoms with E-state index in [9.17, 15) is 0 Å². The van der Waals surface area contributed by atoms with Gasteiger partial charge >= 0.3 is 0 Å². The van der Waals surface area contributed by atoms with Crippen molar-refractivity contribution in [3.63, 3.8) is 0 Å². The van der Waals surface area contributed by atoms with Gasteiger partial charge in [0, 0.05) is 18.9 Å². The molecular formula is C14H22IN3. The van der Waals surface area contributed by atoms with Crippen molar-refractivity contribution in [3.8, 4) is 0 Å². The van der Waals surface area contributed by atoms with E-state index in [1.165, 1.54) is 34.9 Å². The maximum absolute atomic E-state index is 4.83. The van der Waals surface area contributed by atoms with E-state index in [4.69, 9.17) is 4.98 Å². The minimum Gasteiger partial charge on any atom is -0.369 e. The number of aryl methyl sites for hydroxylation is 1. The lowest BCUT2D eigenvalue weighted by Gasteiger charge is -2.16. The van der Waals surface area contributed by atoms with E-state index in [2.05, 4.69) is 46.7 Å². The molecule has 0 saturated heterocycles. The molecule has 0 unspecified atom stereocenters. The minimum atomic E-state index is 0.660. The maximum Gasteiger partial charge on any atom is 0.143 e. The van der Waals surface area contributed by atoms with Crippen molar-refractivity contribution in [2.75, 3.05) is 11.9 Å². The SMILES string of the molecule is CCCc1nc(NCC)c(I)c(C2CCCC2)n1. The lowest BCUT2D eigenvalue weighted by Crippen LogP contribution is -2.11. The highest BCUT2D eigenvalue weighted by Crippen LogP contribution is 2.36. The third kappa shape index (κ3) is 3.13. The van der Waals surface area contributed by atoms with Gasteiger partial charge in [-0.15, -0.1) is 0 Å². The van der Waals surface area contributed by atoms with Gasteiger partial charge in [-0.2, -0.15) is 0 Å². The van der Waals surface area contributed by atoms with Gasteiger partial charge in [0.1, 0.15) is 11.6 Å². The Kier molecular flexibility index (Phi) is 5.21. The van der Waals surface area contributed by atoms with Gasteiger partial charge in [0.15, 0.2) is 0 Å². The van der Waals surface area contributed by atoms with Gasteiger partial charge in [0.05, 0.1) is 9.26 Å². The van der Waals surface area contributed by atoms with Crippen LogP contribution in [0.25, 0.3) is 0 Å². The third-order valence-corrected chi connectivity index (χ3v) is 4.55. The van der Waals surface area contributed by atoms with Crippen LogP contribution in [-0.4, -0.2) is 16.5 Å². The van der Waals surface area contributed by atoms with Crippen LogP contribution in [0.3, 0.4) is 0 Å². The number of nitrogens with zero attached hydrogens (tertiary/aromatic N) is 2. The zero-order valence-electron chi connectivity index (χ0n) is 11.3. The first-order valence-corrected chi connectivity index (χ1v) is 8.14. The average molecular weight is 359 g/mol. The Morgan fingerprint density at radius 2 is 1.94 bits per heavy atom. The van der Waals surface area contributed by atoms with E-state index < -0.39 is 0 Å². The predicted molar refractivity (Wildman–Crippen MR) is 84.1 cm³/mol. The van der Waals surface area contributed by atoms with Gasteiger partial charge in [-0.05, 0) is 48.8 Å². The summed E-state index contributed by atoms with van der Waals surface area (Å²) in [5.74, 6) is 2.71. The van der Waals surface area contributed by atoms with Crippen LogP contribution in [0.5, 0.6) is 0 Å². The fourth-order valence-electron chi connectivity index (χ4n) is 2.60. The molecule has 1 saturated carbocycles. The Hall–Kier alpha value is -0.390. The van der Waals surface area contributed by atoms with Gasteiger partial charge in [0.2, 0.25) is 0 Å². The highest BCUT2D eigenvalue weighted by molar-refractivity contribution is 14.1. The highest BCUT2D eigenvalue weighted by atomic mass is 127. The molecule has 1 aliphatic carbocycles. The van der Waals surface area contributed by atoms with Crippen LogP contribution >= 0.6 is 22.6 Å². The second kappa shape index (κ2) is 6.68. The first kappa shape index (κ1) is 14.0. The van der Waals surface area contributed by atoms with Crippen LogP contribution in [0.2, 0.25) is 0 Å². The van der Waals surface area contributed by atoms with Crippen LogP contribution in [0, 0.1) is 3.57 Å². The molecule has 0 bridgehead atoms. The van der Waals surface area contributed by atoms with Crippen molar-refractivity contribution in [2.24, 2.45) is 0 Å². The van der Waals surface area contributed by atoms with E-state index in [0.717, 1.165) is 31.0 Å². The van der Waals surface area contributed by atoms with Crippen LogP contribution < -0.4 is 5.32 Å². The number of rotatable bonds is 5. The molecule has 18 heavy (non-hydrogen) atoms. The summed E-state index contributed by atoms with van der Waals surface area (Å²) in [6.45, 7) is 5.22.